The van der Waals surface area contributed by atoms with Crippen LogP contribution in [0.3, 0.4) is 0 Å². The second-order valence-corrected chi connectivity index (χ2v) is 6.81. The van der Waals surface area contributed by atoms with E-state index in [9.17, 15) is 8.78 Å². The van der Waals surface area contributed by atoms with Crippen molar-refractivity contribution in [2.45, 2.75) is 32.2 Å². The summed E-state index contributed by atoms with van der Waals surface area (Å²) in [6.07, 6.45) is 2.86. The highest BCUT2D eigenvalue weighted by Crippen LogP contribution is 2.36. The number of benzene rings is 2. The van der Waals surface area contributed by atoms with Gasteiger partial charge in [-0.3, -0.25) is 4.99 Å². The molecule has 0 aliphatic carbocycles. The van der Waals surface area contributed by atoms with E-state index in [1.165, 1.54) is 19.1 Å². The van der Waals surface area contributed by atoms with Gasteiger partial charge in [0.05, 0.1) is 6.04 Å². The van der Waals surface area contributed by atoms with E-state index in [1.807, 2.05) is 31.2 Å². The van der Waals surface area contributed by atoms with Crippen molar-refractivity contribution in [3.8, 4) is 0 Å². The van der Waals surface area contributed by atoms with Crippen LogP contribution in [0.15, 0.2) is 71.8 Å². The van der Waals surface area contributed by atoms with Crippen molar-refractivity contribution in [1.29, 1.82) is 0 Å². The van der Waals surface area contributed by atoms with Crippen molar-refractivity contribution in [1.82, 2.24) is 0 Å². The Balaban J connectivity index is 2.09. The van der Waals surface area contributed by atoms with Gasteiger partial charge < -0.3 is 0 Å². The fraction of sp³-hybridized carbons (Fsp3) is 0.227. The van der Waals surface area contributed by atoms with Crippen molar-refractivity contribution < 1.29 is 8.78 Å². The lowest BCUT2D eigenvalue weighted by Crippen LogP contribution is -2.14. The number of aliphatic imine (C=N–C) groups is 1. The highest BCUT2D eigenvalue weighted by atomic mass is 35.5. The third-order valence-electron chi connectivity index (χ3n) is 4.59. The first-order chi connectivity index (χ1) is 12.3. The van der Waals surface area contributed by atoms with Gasteiger partial charge in [0, 0.05) is 11.1 Å². The Morgan fingerprint density at radius 1 is 1.12 bits per heavy atom. The summed E-state index contributed by atoms with van der Waals surface area (Å²) in [5.41, 5.74) is 3.40. The lowest BCUT2D eigenvalue weighted by atomic mass is 9.91. The average molecular weight is 372 g/mol. The molecule has 134 valence electrons. The van der Waals surface area contributed by atoms with Crippen LogP contribution in [0.25, 0.3) is 5.57 Å². The molecule has 0 N–H and O–H groups in total. The zero-order valence-corrected chi connectivity index (χ0v) is 15.5. The maximum absolute atomic E-state index is 14.2. The van der Waals surface area contributed by atoms with Crippen molar-refractivity contribution in [2.75, 3.05) is 0 Å². The van der Waals surface area contributed by atoms with E-state index in [2.05, 4.69) is 17.6 Å². The Hall–Kier alpha value is -2.26. The lowest BCUT2D eigenvalue weighted by molar-refractivity contribution is 0.0385. The highest BCUT2D eigenvalue weighted by molar-refractivity contribution is 6.70. The predicted molar refractivity (Wildman–Crippen MR) is 105 cm³/mol. The second kappa shape index (κ2) is 7.16. The van der Waals surface area contributed by atoms with Crippen LogP contribution in [0, 0.1) is 0 Å². The number of hydrogen-bond donors (Lipinski definition) is 0. The Morgan fingerprint density at radius 2 is 1.73 bits per heavy atom. The molecule has 0 fully saturated rings. The topological polar surface area (TPSA) is 12.4 Å². The Bertz CT molecular complexity index is 895. The SMILES string of the molecule is C=C(C)C(F)(F)c1ccc(C2=CC(CC)N=C(Cl)c3ccccc32)cc1. The molecule has 0 aromatic heterocycles. The molecule has 1 nitrogen and oxygen atoms in total. The Kier molecular flexibility index (Phi) is 5.10. The number of halogens is 3. The van der Waals surface area contributed by atoms with Gasteiger partial charge in [0.2, 0.25) is 0 Å². The van der Waals surface area contributed by atoms with E-state index in [0.29, 0.717) is 5.17 Å². The molecule has 1 aliphatic heterocycles. The number of allylic oxidation sites excluding steroid dienone is 1. The molecule has 1 atom stereocenters. The molecule has 0 saturated carbocycles. The minimum atomic E-state index is -3.04. The van der Waals surface area contributed by atoms with Crippen LogP contribution in [-0.2, 0) is 5.92 Å². The molecule has 0 bridgehead atoms. The monoisotopic (exact) mass is 371 g/mol. The first-order valence-corrected chi connectivity index (χ1v) is 8.92. The number of fused-ring (bicyclic) bond motifs is 1. The van der Waals surface area contributed by atoms with Crippen LogP contribution >= 0.6 is 11.6 Å². The standard InChI is InChI=1S/C22H20ClF2N/c1-4-17-13-20(18-7-5-6-8-19(18)21(23)26-17)15-9-11-16(12-10-15)22(24,25)14(2)3/h5-13,17H,2,4H2,1,3H3. The normalized spacial score (nSPS) is 17.0. The first-order valence-electron chi connectivity index (χ1n) is 8.54. The van der Waals surface area contributed by atoms with Crippen LogP contribution in [0.2, 0.25) is 0 Å². The van der Waals surface area contributed by atoms with E-state index in [0.717, 1.165) is 28.7 Å². The summed E-state index contributed by atoms with van der Waals surface area (Å²) in [6.45, 7) is 6.77. The van der Waals surface area contributed by atoms with E-state index in [-0.39, 0.29) is 17.2 Å². The van der Waals surface area contributed by atoms with Gasteiger partial charge in [-0.25, -0.2) is 0 Å². The van der Waals surface area contributed by atoms with Crippen molar-refractivity contribution in [2.24, 2.45) is 4.99 Å². The van der Waals surface area contributed by atoms with Gasteiger partial charge in [-0.2, -0.15) is 8.78 Å². The van der Waals surface area contributed by atoms with Gasteiger partial charge in [-0.05, 0) is 35.6 Å². The molecule has 0 spiro atoms. The number of alkyl halides is 2. The van der Waals surface area contributed by atoms with Gasteiger partial charge in [0.15, 0.2) is 0 Å². The average Bonchev–Trinajstić information content (AvgIpc) is 2.78. The van der Waals surface area contributed by atoms with Crippen molar-refractivity contribution >= 4 is 22.3 Å². The van der Waals surface area contributed by atoms with Gasteiger partial charge in [0.25, 0.3) is 5.92 Å². The van der Waals surface area contributed by atoms with Crippen LogP contribution in [0.5, 0.6) is 0 Å². The summed E-state index contributed by atoms with van der Waals surface area (Å²) >= 11 is 6.41. The van der Waals surface area contributed by atoms with Gasteiger partial charge in [-0.1, -0.05) is 79.7 Å². The second-order valence-electron chi connectivity index (χ2n) is 6.45. The summed E-state index contributed by atoms with van der Waals surface area (Å²) in [6, 6.07) is 14.1. The quantitative estimate of drug-likeness (QED) is 0.539. The molecular weight excluding hydrogens is 352 g/mol. The third kappa shape index (κ3) is 3.36. The van der Waals surface area contributed by atoms with Crippen molar-refractivity contribution in [3.05, 3.63) is 89.0 Å². The molecule has 1 unspecified atom stereocenters. The lowest BCUT2D eigenvalue weighted by Gasteiger charge is -2.18. The summed E-state index contributed by atoms with van der Waals surface area (Å²) in [5.74, 6) is -3.04. The molecule has 1 aliphatic rings. The van der Waals surface area contributed by atoms with Crippen molar-refractivity contribution in [3.63, 3.8) is 0 Å². The smallest absolute Gasteiger partial charge is 0.265 e. The first kappa shape index (κ1) is 18.5. The molecule has 0 amide bonds. The third-order valence-corrected chi connectivity index (χ3v) is 4.89. The summed E-state index contributed by atoms with van der Waals surface area (Å²) in [5, 5.41) is 0.476. The zero-order valence-electron chi connectivity index (χ0n) is 14.8. The highest BCUT2D eigenvalue weighted by Gasteiger charge is 2.32. The molecule has 1 heterocycles. The minimum absolute atomic E-state index is 0.0542. The predicted octanol–water partition coefficient (Wildman–Crippen LogP) is 6.56. The van der Waals surface area contributed by atoms with E-state index < -0.39 is 5.92 Å². The molecule has 3 rings (SSSR count). The zero-order chi connectivity index (χ0) is 18.9. The largest absolute Gasteiger partial charge is 0.294 e. The van der Waals surface area contributed by atoms with E-state index >= 15 is 0 Å². The molecule has 2 aromatic rings. The Labute approximate surface area is 157 Å². The van der Waals surface area contributed by atoms with Gasteiger partial charge >= 0.3 is 0 Å². The number of rotatable bonds is 4. The van der Waals surface area contributed by atoms with Gasteiger partial charge in [0.1, 0.15) is 5.17 Å². The van der Waals surface area contributed by atoms with Crippen LogP contribution in [0.4, 0.5) is 8.78 Å². The minimum Gasteiger partial charge on any atom is -0.265 e. The molecule has 0 saturated heterocycles. The molecule has 4 heteroatoms. The maximum atomic E-state index is 14.2. The van der Waals surface area contributed by atoms with E-state index in [4.69, 9.17) is 11.6 Å². The number of hydrogen-bond acceptors (Lipinski definition) is 1. The fourth-order valence-electron chi connectivity index (χ4n) is 3.00. The Morgan fingerprint density at radius 3 is 2.31 bits per heavy atom. The summed E-state index contributed by atoms with van der Waals surface area (Å²) in [7, 11) is 0. The van der Waals surface area contributed by atoms with Crippen LogP contribution < -0.4 is 0 Å². The summed E-state index contributed by atoms with van der Waals surface area (Å²) in [4.78, 5) is 4.57. The molecular formula is C22H20ClF2N. The summed E-state index contributed by atoms with van der Waals surface area (Å²) < 4.78 is 28.3. The molecule has 26 heavy (non-hydrogen) atoms. The molecule has 2 aromatic carbocycles. The van der Waals surface area contributed by atoms with Crippen LogP contribution in [0.1, 0.15) is 42.5 Å². The molecule has 0 radical (unpaired) electrons. The maximum Gasteiger partial charge on any atom is 0.294 e. The van der Waals surface area contributed by atoms with Crippen LogP contribution in [-0.4, -0.2) is 11.2 Å². The fourth-order valence-corrected chi connectivity index (χ4v) is 3.29. The van der Waals surface area contributed by atoms with Gasteiger partial charge in [-0.15, -0.1) is 0 Å². The number of nitrogens with zero attached hydrogens (tertiary/aromatic N) is 1. The van der Waals surface area contributed by atoms with E-state index in [1.54, 1.807) is 12.1 Å².